The number of nitrogens with two attached hydrogens (primary N) is 1. The largest absolute Gasteiger partial charge is 0.330 e. The molecule has 1 unspecified atom stereocenters. The van der Waals surface area contributed by atoms with Crippen LogP contribution in [0, 0.1) is 11.3 Å². The summed E-state index contributed by atoms with van der Waals surface area (Å²) in [7, 11) is 2.28. The summed E-state index contributed by atoms with van der Waals surface area (Å²) >= 11 is 0. The molecule has 0 aromatic rings. The van der Waals surface area contributed by atoms with Gasteiger partial charge in [0.25, 0.3) is 0 Å². The predicted octanol–water partition coefficient (Wildman–Crippen LogP) is 0.997. The topological polar surface area (TPSA) is 32.5 Å². The van der Waals surface area contributed by atoms with Crippen LogP contribution in [-0.2, 0) is 0 Å². The predicted molar refractivity (Wildman–Crippen MR) is 68.4 cm³/mol. The molecule has 2 N–H and O–H groups in total. The second kappa shape index (κ2) is 4.63. The zero-order chi connectivity index (χ0) is 11.8. The third kappa shape index (κ3) is 2.58. The molecule has 3 heteroatoms. The van der Waals surface area contributed by atoms with E-state index in [9.17, 15) is 0 Å². The number of hydrogen-bond donors (Lipinski definition) is 1. The van der Waals surface area contributed by atoms with Crippen molar-refractivity contribution >= 4 is 0 Å². The van der Waals surface area contributed by atoms with Gasteiger partial charge in [-0.25, -0.2) is 0 Å². The van der Waals surface area contributed by atoms with Crippen LogP contribution in [0.2, 0.25) is 0 Å². The Morgan fingerprint density at radius 3 is 2.38 bits per heavy atom. The van der Waals surface area contributed by atoms with Crippen LogP contribution >= 0.6 is 0 Å². The van der Waals surface area contributed by atoms with E-state index < -0.39 is 0 Å². The van der Waals surface area contributed by atoms with E-state index in [1.54, 1.807) is 0 Å². The van der Waals surface area contributed by atoms with Gasteiger partial charge in [0.1, 0.15) is 0 Å². The molecule has 0 aliphatic carbocycles. The zero-order valence-electron chi connectivity index (χ0n) is 11.1. The van der Waals surface area contributed by atoms with Crippen molar-refractivity contribution in [3.8, 4) is 0 Å². The van der Waals surface area contributed by atoms with E-state index in [4.69, 9.17) is 5.73 Å². The highest BCUT2D eigenvalue weighted by atomic mass is 15.2. The van der Waals surface area contributed by atoms with E-state index in [-0.39, 0.29) is 5.41 Å². The first-order valence-electron chi connectivity index (χ1n) is 6.64. The average molecular weight is 225 g/mol. The first kappa shape index (κ1) is 12.3. The number of hydrogen-bond acceptors (Lipinski definition) is 3. The van der Waals surface area contributed by atoms with E-state index in [0.29, 0.717) is 0 Å². The quantitative estimate of drug-likeness (QED) is 0.775. The van der Waals surface area contributed by atoms with Crippen molar-refractivity contribution in [1.29, 1.82) is 0 Å². The fourth-order valence-corrected chi connectivity index (χ4v) is 3.29. The Balaban J connectivity index is 1.92. The number of likely N-dealkylation sites (N-methyl/N-ethyl adjacent to an activating group) is 1. The Morgan fingerprint density at radius 1 is 1.31 bits per heavy atom. The van der Waals surface area contributed by atoms with Crippen LogP contribution < -0.4 is 5.73 Å². The van der Waals surface area contributed by atoms with Crippen molar-refractivity contribution in [2.24, 2.45) is 17.1 Å². The third-order valence-electron chi connectivity index (χ3n) is 4.42. The molecule has 3 fully saturated rings. The van der Waals surface area contributed by atoms with Crippen molar-refractivity contribution in [2.75, 3.05) is 39.8 Å². The Kier molecular flexibility index (Phi) is 3.57. The second-order valence-electron chi connectivity index (χ2n) is 6.49. The SMILES string of the molecule is CN(CC(C)(C)CN)C1CN2CCC1CC2. The highest BCUT2D eigenvalue weighted by Crippen LogP contribution is 2.31. The van der Waals surface area contributed by atoms with E-state index in [2.05, 4.69) is 30.7 Å². The molecule has 0 radical (unpaired) electrons. The Bertz CT molecular complexity index is 231. The van der Waals surface area contributed by atoms with E-state index in [1.165, 1.54) is 32.5 Å². The molecule has 3 rings (SSSR count). The monoisotopic (exact) mass is 225 g/mol. The summed E-state index contributed by atoms with van der Waals surface area (Å²) in [6.07, 6.45) is 2.80. The van der Waals surface area contributed by atoms with Gasteiger partial charge >= 0.3 is 0 Å². The smallest absolute Gasteiger partial charge is 0.0249 e. The van der Waals surface area contributed by atoms with Gasteiger partial charge in [-0.3, -0.25) is 0 Å². The molecule has 3 aliphatic rings. The van der Waals surface area contributed by atoms with Crippen molar-refractivity contribution < 1.29 is 0 Å². The molecule has 0 saturated carbocycles. The molecule has 2 bridgehead atoms. The zero-order valence-corrected chi connectivity index (χ0v) is 11.1. The lowest BCUT2D eigenvalue weighted by Crippen LogP contribution is -2.57. The Morgan fingerprint density at radius 2 is 1.94 bits per heavy atom. The van der Waals surface area contributed by atoms with Crippen molar-refractivity contribution in [3.63, 3.8) is 0 Å². The number of fused-ring (bicyclic) bond motifs is 3. The molecule has 3 saturated heterocycles. The second-order valence-corrected chi connectivity index (χ2v) is 6.49. The molecule has 3 nitrogen and oxygen atoms in total. The lowest BCUT2D eigenvalue weighted by Gasteiger charge is -2.49. The van der Waals surface area contributed by atoms with Gasteiger partial charge in [-0.2, -0.15) is 0 Å². The maximum absolute atomic E-state index is 5.82. The summed E-state index contributed by atoms with van der Waals surface area (Å²) in [5.74, 6) is 0.934. The molecule has 3 heterocycles. The number of nitrogens with zero attached hydrogens (tertiary/aromatic N) is 2. The van der Waals surface area contributed by atoms with Crippen LogP contribution in [0.1, 0.15) is 26.7 Å². The van der Waals surface area contributed by atoms with Crippen LogP contribution in [-0.4, -0.2) is 55.6 Å². The van der Waals surface area contributed by atoms with Gasteiger partial charge in [-0.1, -0.05) is 13.8 Å². The van der Waals surface area contributed by atoms with Gasteiger partial charge in [0, 0.05) is 19.1 Å². The van der Waals surface area contributed by atoms with Gasteiger partial charge < -0.3 is 15.5 Å². The minimum atomic E-state index is 0.251. The first-order chi connectivity index (χ1) is 7.52. The fraction of sp³-hybridized carbons (Fsp3) is 1.00. The number of piperidine rings is 3. The van der Waals surface area contributed by atoms with Crippen LogP contribution in [0.5, 0.6) is 0 Å². The van der Waals surface area contributed by atoms with Crippen LogP contribution in [0.15, 0.2) is 0 Å². The molecule has 1 atom stereocenters. The minimum Gasteiger partial charge on any atom is -0.330 e. The van der Waals surface area contributed by atoms with Crippen LogP contribution in [0.25, 0.3) is 0 Å². The van der Waals surface area contributed by atoms with Gasteiger partial charge in [-0.15, -0.1) is 0 Å². The Labute approximate surface area is 100.0 Å². The van der Waals surface area contributed by atoms with Crippen molar-refractivity contribution in [2.45, 2.75) is 32.7 Å². The van der Waals surface area contributed by atoms with Gasteiger partial charge in [0.05, 0.1) is 0 Å². The van der Waals surface area contributed by atoms with Crippen LogP contribution in [0.3, 0.4) is 0 Å². The molecule has 0 aromatic heterocycles. The molecule has 16 heavy (non-hydrogen) atoms. The van der Waals surface area contributed by atoms with Gasteiger partial charge in [0.15, 0.2) is 0 Å². The molecule has 0 spiro atoms. The van der Waals surface area contributed by atoms with Gasteiger partial charge in [0.2, 0.25) is 0 Å². The summed E-state index contributed by atoms with van der Waals surface area (Å²) in [4.78, 5) is 5.18. The number of rotatable bonds is 4. The van der Waals surface area contributed by atoms with Crippen molar-refractivity contribution in [1.82, 2.24) is 9.80 Å². The van der Waals surface area contributed by atoms with E-state index in [0.717, 1.165) is 25.0 Å². The maximum Gasteiger partial charge on any atom is 0.0249 e. The molecular formula is C13H27N3. The molecule has 3 aliphatic heterocycles. The molecule has 0 amide bonds. The minimum absolute atomic E-state index is 0.251. The summed E-state index contributed by atoms with van der Waals surface area (Å²) < 4.78 is 0. The highest BCUT2D eigenvalue weighted by Gasteiger charge is 2.37. The Hall–Kier alpha value is -0.120. The normalized spacial score (nSPS) is 34.7. The van der Waals surface area contributed by atoms with E-state index >= 15 is 0 Å². The molecule has 94 valence electrons. The lowest BCUT2D eigenvalue weighted by atomic mass is 9.82. The average Bonchev–Trinajstić information content (AvgIpc) is 2.30. The standard InChI is InChI=1S/C13H27N3/c1-13(2,9-14)10-15(3)12-8-16-6-4-11(12)5-7-16/h11-12H,4-10,14H2,1-3H3. The van der Waals surface area contributed by atoms with Crippen LogP contribution in [0.4, 0.5) is 0 Å². The molecular weight excluding hydrogens is 198 g/mol. The summed E-state index contributed by atoms with van der Waals surface area (Å²) in [5, 5.41) is 0. The summed E-state index contributed by atoms with van der Waals surface area (Å²) in [6.45, 7) is 10.4. The summed E-state index contributed by atoms with van der Waals surface area (Å²) in [5.41, 5.74) is 6.07. The molecule has 0 aromatic carbocycles. The van der Waals surface area contributed by atoms with E-state index in [1.807, 2.05) is 0 Å². The van der Waals surface area contributed by atoms with Crippen molar-refractivity contribution in [3.05, 3.63) is 0 Å². The maximum atomic E-state index is 5.82. The fourth-order valence-electron chi connectivity index (χ4n) is 3.29. The summed E-state index contributed by atoms with van der Waals surface area (Å²) in [6, 6.07) is 0.772. The third-order valence-corrected chi connectivity index (χ3v) is 4.42. The van der Waals surface area contributed by atoms with Gasteiger partial charge in [-0.05, 0) is 50.9 Å². The first-order valence-corrected chi connectivity index (χ1v) is 6.64. The highest BCUT2D eigenvalue weighted by molar-refractivity contribution is 4.92. The lowest BCUT2D eigenvalue weighted by molar-refractivity contribution is 0.00421.